The first-order valence-corrected chi connectivity index (χ1v) is 6.10. The predicted octanol–water partition coefficient (Wildman–Crippen LogP) is 2.34. The van der Waals surface area contributed by atoms with Crippen molar-refractivity contribution in [1.29, 1.82) is 0 Å². The number of aliphatic hydroxyl groups excluding tert-OH is 2. The molecule has 1 fully saturated rings. The number of hydrogen-bond acceptors (Lipinski definition) is 2. The van der Waals surface area contributed by atoms with Crippen LogP contribution in [0.15, 0.2) is 0 Å². The Labute approximate surface area is 87.3 Å². The molecule has 0 amide bonds. The summed E-state index contributed by atoms with van der Waals surface area (Å²) in [4.78, 5) is 0. The van der Waals surface area contributed by atoms with Gasteiger partial charge in [0.1, 0.15) is 0 Å². The minimum Gasteiger partial charge on any atom is -0.396 e. The summed E-state index contributed by atoms with van der Waals surface area (Å²) >= 11 is 0. The van der Waals surface area contributed by atoms with Gasteiger partial charge in [0.05, 0.1) is 0 Å². The van der Waals surface area contributed by atoms with Crippen molar-refractivity contribution in [3.8, 4) is 0 Å². The Bertz CT molecular complexity index is 120. The molecule has 2 N–H and O–H groups in total. The Morgan fingerprint density at radius 2 is 1.14 bits per heavy atom. The van der Waals surface area contributed by atoms with Crippen LogP contribution in [0.5, 0.6) is 0 Å². The summed E-state index contributed by atoms with van der Waals surface area (Å²) in [6.45, 7) is 0.624. The van der Waals surface area contributed by atoms with E-state index in [1.807, 2.05) is 0 Å². The monoisotopic (exact) mass is 200 g/mol. The molecule has 2 atom stereocenters. The third-order valence-corrected chi connectivity index (χ3v) is 3.57. The Morgan fingerprint density at radius 3 is 1.50 bits per heavy atom. The molecule has 84 valence electrons. The molecule has 14 heavy (non-hydrogen) atoms. The van der Waals surface area contributed by atoms with Gasteiger partial charge in [-0.15, -0.1) is 0 Å². The Hall–Kier alpha value is -0.0800. The van der Waals surface area contributed by atoms with Crippen molar-refractivity contribution in [3.63, 3.8) is 0 Å². The minimum absolute atomic E-state index is 0.312. The van der Waals surface area contributed by atoms with Crippen LogP contribution < -0.4 is 0 Å². The Kier molecular flexibility index (Phi) is 6.20. The lowest BCUT2D eigenvalue weighted by atomic mass is 9.78. The lowest BCUT2D eigenvalue weighted by molar-refractivity contribution is 0.157. The fourth-order valence-electron chi connectivity index (χ4n) is 2.73. The first-order chi connectivity index (χ1) is 6.88. The molecule has 2 nitrogen and oxygen atoms in total. The molecule has 1 aliphatic rings. The van der Waals surface area contributed by atoms with Gasteiger partial charge in [0.15, 0.2) is 0 Å². The van der Waals surface area contributed by atoms with Crippen molar-refractivity contribution >= 4 is 0 Å². The van der Waals surface area contributed by atoms with Crippen molar-refractivity contribution in [1.82, 2.24) is 0 Å². The Balaban J connectivity index is 2.42. The van der Waals surface area contributed by atoms with Crippen LogP contribution in [0.2, 0.25) is 0 Å². The molecule has 0 aromatic rings. The summed E-state index contributed by atoms with van der Waals surface area (Å²) in [6.07, 6.45) is 9.71. The molecule has 0 heterocycles. The fourth-order valence-corrected chi connectivity index (χ4v) is 2.73. The lowest BCUT2D eigenvalue weighted by Crippen LogP contribution is -2.19. The van der Waals surface area contributed by atoms with E-state index >= 15 is 0 Å². The smallest absolute Gasteiger partial charge is 0.0433 e. The fraction of sp³-hybridized carbons (Fsp3) is 1.00. The van der Waals surface area contributed by atoms with Crippen LogP contribution in [0.1, 0.15) is 51.4 Å². The quantitative estimate of drug-likeness (QED) is 0.731. The molecule has 2 unspecified atom stereocenters. The zero-order valence-electron chi connectivity index (χ0n) is 9.12. The minimum atomic E-state index is 0.312. The number of aliphatic hydroxyl groups is 2. The summed E-state index contributed by atoms with van der Waals surface area (Å²) in [5, 5.41) is 18.0. The second-order valence-corrected chi connectivity index (χ2v) is 4.54. The summed E-state index contributed by atoms with van der Waals surface area (Å²) in [5.41, 5.74) is 0. The van der Waals surface area contributed by atoms with Gasteiger partial charge in [0.25, 0.3) is 0 Å². The van der Waals surface area contributed by atoms with Crippen molar-refractivity contribution in [2.45, 2.75) is 51.4 Å². The van der Waals surface area contributed by atoms with Crippen LogP contribution in [0, 0.1) is 11.8 Å². The molecule has 1 saturated carbocycles. The molecule has 0 aliphatic heterocycles. The van der Waals surface area contributed by atoms with Crippen LogP contribution in [0.4, 0.5) is 0 Å². The van der Waals surface area contributed by atoms with Gasteiger partial charge in [0.2, 0.25) is 0 Å². The predicted molar refractivity (Wildman–Crippen MR) is 58.1 cm³/mol. The summed E-state index contributed by atoms with van der Waals surface area (Å²) < 4.78 is 0. The average Bonchev–Trinajstić information content (AvgIpc) is 2.16. The third-order valence-electron chi connectivity index (χ3n) is 3.57. The maximum Gasteiger partial charge on any atom is 0.0433 e. The van der Waals surface area contributed by atoms with E-state index in [0.717, 1.165) is 12.8 Å². The Morgan fingerprint density at radius 1 is 0.714 bits per heavy atom. The average molecular weight is 200 g/mol. The van der Waals surface area contributed by atoms with Gasteiger partial charge < -0.3 is 10.2 Å². The molecule has 0 radical (unpaired) electrons. The summed E-state index contributed by atoms with van der Waals surface area (Å²) in [7, 11) is 0. The van der Waals surface area contributed by atoms with E-state index in [0.29, 0.717) is 25.0 Å². The van der Waals surface area contributed by atoms with Crippen molar-refractivity contribution in [2.75, 3.05) is 13.2 Å². The van der Waals surface area contributed by atoms with Gasteiger partial charge in [0, 0.05) is 13.2 Å². The summed E-state index contributed by atoms with van der Waals surface area (Å²) in [6, 6.07) is 0. The van der Waals surface area contributed by atoms with E-state index in [1.165, 1.54) is 38.5 Å². The van der Waals surface area contributed by atoms with Crippen LogP contribution in [-0.4, -0.2) is 23.4 Å². The second kappa shape index (κ2) is 7.24. The van der Waals surface area contributed by atoms with Crippen molar-refractivity contribution < 1.29 is 10.2 Å². The van der Waals surface area contributed by atoms with Crippen molar-refractivity contribution in [2.24, 2.45) is 11.8 Å². The van der Waals surface area contributed by atoms with Crippen LogP contribution in [0.25, 0.3) is 0 Å². The molecular weight excluding hydrogens is 176 g/mol. The molecule has 0 saturated heterocycles. The van der Waals surface area contributed by atoms with E-state index in [-0.39, 0.29) is 0 Å². The highest BCUT2D eigenvalue weighted by atomic mass is 16.3. The van der Waals surface area contributed by atoms with Gasteiger partial charge in [-0.25, -0.2) is 0 Å². The van der Waals surface area contributed by atoms with Crippen LogP contribution in [-0.2, 0) is 0 Å². The highest BCUT2D eigenvalue weighted by Gasteiger charge is 2.21. The highest BCUT2D eigenvalue weighted by molar-refractivity contribution is 4.72. The lowest BCUT2D eigenvalue weighted by Gasteiger charge is -2.28. The van der Waals surface area contributed by atoms with E-state index < -0.39 is 0 Å². The maximum atomic E-state index is 9.00. The van der Waals surface area contributed by atoms with E-state index in [2.05, 4.69) is 0 Å². The molecule has 1 aliphatic carbocycles. The second-order valence-electron chi connectivity index (χ2n) is 4.54. The molecule has 0 aromatic carbocycles. The SMILES string of the molecule is OCCC1CCCCCCC1CCO. The first kappa shape index (κ1) is 12.0. The zero-order chi connectivity index (χ0) is 10.2. The zero-order valence-corrected chi connectivity index (χ0v) is 9.12. The maximum absolute atomic E-state index is 9.00. The topological polar surface area (TPSA) is 40.5 Å². The molecular formula is C12H24O2. The van der Waals surface area contributed by atoms with Gasteiger partial charge in [-0.05, 0) is 24.7 Å². The number of hydrogen-bond donors (Lipinski definition) is 2. The van der Waals surface area contributed by atoms with E-state index in [4.69, 9.17) is 10.2 Å². The molecule has 2 heteroatoms. The summed E-state index contributed by atoms with van der Waals surface area (Å²) in [5.74, 6) is 1.32. The van der Waals surface area contributed by atoms with Gasteiger partial charge >= 0.3 is 0 Å². The largest absolute Gasteiger partial charge is 0.396 e. The standard InChI is InChI=1S/C12H24O2/c13-9-7-11-5-3-1-2-4-6-12(11)8-10-14/h11-14H,1-10H2. The van der Waals surface area contributed by atoms with E-state index in [1.54, 1.807) is 0 Å². The highest BCUT2D eigenvalue weighted by Crippen LogP contribution is 2.32. The van der Waals surface area contributed by atoms with Crippen LogP contribution in [0.3, 0.4) is 0 Å². The third kappa shape index (κ3) is 3.97. The molecule has 0 aromatic heterocycles. The normalized spacial score (nSPS) is 29.6. The molecule has 0 bridgehead atoms. The van der Waals surface area contributed by atoms with E-state index in [9.17, 15) is 0 Å². The molecule has 1 rings (SSSR count). The molecule has 0 spiro atoms. The first-order valence-electron chi connectivity index (χ1n) is 6.10. The van der Waals surface area contributed by atoms with Gasteiger partial charge in [-0.2, -0.15) is 0 Å². The number of rotatable bonds is 4. The van der Waals surface area contributed by atoms with Crippen molar-refractivity contribution in [3.05, 3.63) is 0 Å². The van der Waals surface area contributed by atoms with Gasteiger partial charge in [-0.3, -0.25) is 0 Å². The van der Waals surface area contributed by atoms with Gasteiger partial charge in [-0.1, -0.05) is 38.5 Å². The van der Waals surface area contributed by atoms with Crippen LogP contribution >= 0.6 is 0 Å².